The summed E-state index contributed by atoms with van der Waals surface area (Å²) in [5.74, 6) is 0.240. The van der Waals surface area contributed by atoms with Gasteiger partial charge < -0.3 is 5.32 Å². The second-order valence-corrected chi connectivity index (χ2v) is 6.30. The third kappa shape index (κ3) is 5.54. The fourth-order valence-corrected chi connectivity index (χ4v) is 2.71. The smallest absolute Gasteiger partial charge is 0.163 e. The number of nitrogens with one attached hydrogen (secondary N) is 1. The van der Waals surface area contributed by atoms with E-state index in [4.69, 9.17) is 12.2 Å². The van der Waals surface area contributed by atoms with Gasteiger partial charge in [0.05, 0.1) is 0 Å². The SMILES string of the molecule is O=C(CCSC(=S)NCc1cccnc1)c1ccc(F)cc1. The zero-order valence-corrected chi connectivity index (χ0v) is 13.4. The van der Waals surface area contributed by atoms with Gasteiger partial charge in [0.15, 0.2) is 5.78 Å². The van der Waals surface area contributed by atoms with E-state index in [9.17, 15) is 9.18 Å². The van der Waals surface area contributed by atoms with E-state index >= 15 is 0 Å². The average molecular weight is 334 g/mol. The van der Waals surface area contributed by atoms with Gasteiger partial charge in [-0.2, -0.15) is 0 Å². The van der Waals surface area contributed by atoms with E-state index in [0.29, 0.717) is 28.6 Å². The lowest BCUT2D eigenvalue weighted by molar-refractivity contribution is 0.0989. The summed E-state index contributed by atoms with van der Waals surface area (Å²) in [5, 5.41) is 3.11. The van der Waals surface area contributed by atoms with E-state index in [0.717, 1.165) is 5.56 Å². The van der Waals surface area contributed by atoms with Gasteiger partial charge >= 0.3 is 0 Å². The molecular formula is C16H15FN2OS2. The minimum atomic E-state index is -0.341. The number of ketones is 1. The molecule has 0 fully saturated rings. The van der Waals surface area contributed by atoms with Gasteiger partial charge in [-0.1, -0.05) is 30.0 Å². The molecule has 0 radical (unpaired) electrons. The van der Waals surface area contributed by atoms with Crippen molar-refractivity contribution in [2.75, 3.05) is 5.75 Å². The zero-order chi connectivity index (χ0) is 15.8. The highest BCUT2D eigenvalue weighted by Gasteiger charge is 2.07. The Hall–Kier alpha value is -1.79. The molecule has 0 aliphatic rings. The normalized spacial score (nSPS) is 10.2. The molecule has 0 spiro atoms. The largest absolute Gasteiger partial charge is 0.367 e. The second-order valence-electron chi connectivity index (χ2n) is 4.53. The number of carbonyl (C=O) groups is 1. The molecule has 22 heavy (non-hydrogen) atoms. The number of hydrogen-bond donors (Lipinski definition) is 1. The number of thioether (sulfide) groups is 1. The Kier molecular flexibility index (Phi) is 6.48. The molecule has 1 aromatic carbocycles. The minimum Gasteiger partial charge on any atom is -0.367 e. The van der Waals surface area contributed by atoms with Crippen molar-refractivity contribution in [3.05, 3.63) is 65.7 Å². The van der Waals surface area contributed by atoms with Crippen molar-refractivity contribution in [2.45, 2.75) is 13.0 Å². The molecule has 1 aromatic heterocycles. The minimum absolute atomic E-state index is 0.0115. The maximum Gasteiger partial charge on any atom is 0.163 e. The Balaban J connectivity index is 1.68. The third-order valence-electron chi connectivity index (χ3n) is 2.89. The van der Waals surface area contributed by atoms with Crippen LogP contribution in [0.1, 0.15) is 22.3 Å². The standard InChI is InChI=1S/C16H15FN2OS2/c17-14-5-3-13(4-6-14)15(20)7-9-22-16(21)19-11-12-2-1-8-18-10-12/h1-6,8,10H,7,9,11H2,(H,19,21). The Labute approximate surface area is 138 Å². The summed E-state index contributed by atoms with van der Waals surface area (Å²) >= 11 is 6.64. The Morgan fingerprint density at radius 1 is 1.27 bits per heavy atom. The lowest BCUT2D eigenvalue weighted by Crippen LogP contribution is -2.18. The van der Waals surface area contributed by atoms with Crippen LogP contribution < -0.4 is 5.32 Å². The van der Waals surface area contributed by atoms with Crippen molar-refractivity contribution in [1.29, 1.82) is 0 Å². The number of carbonyl (C=O) groups excluding carboxylic acids is 1. The quantitative estimate of drug-likeness (QED) is 0.646. The summed E-state index contributed by atoms with van der Waals surface area (Å²) in [6.45, 7) is 0.617. The van der Waals surface area contributed by atoms with E-state index in [-0.39, 0.29) is 11.6 Å². The van der Waals surface area contributed by atoms with Gasteiger partial charge in [0.25, 0.3) is 0 Å². The zero-order valence-electron chi connectivity index (χ0n) is 11.8. The van der Waals surface area contributed by atoms with Crippen LogP contribution in [0.5, 0.6) is 0 Å². The van der Waals surface area contributed by atoms with Crippen molar-refractivity contribution in [2.24, 2.45) is 0 Å². The van der Waals surface area contributed by atoms with E-state index in [1.165, 1.54) is 36.0 Å². The molecule has 0 aliphatic carbocycles. The van der Waals surface area contributed by atoms with Crippen molar-refractivity contribution >= 4 is 34.1 Å². The number of benzene rings is 1. The van der Waals surface area contributed by atoms with E-state index < -0.39 is 0 Å². The molecule has 0 unspecified atom stereocenters. The van der Waals surface area contributed by atoms with Crippen LogP contribution in [0, 0.1) is 5.82 Å². The van der Waals surface area contributed by atoms with Crippen molar-refractivity contribution < 1.29 is 9.18 Å². The van der Waals surface area contributed by atoms with Gasteiger partial charge in [-0.25, -0.2) is 4.39 Å². The lowest BCUT2D eigenvalue weighted by Gasteiger charge is -2.07. The monoisotopic (exact) mass is 334 g/mol. The van der Waals surface area contributed by atoms with Gasteiger partial charge in [-0.05, 0) is 35.9 Å². The molecule has 0 bridgehead atoms. The number of pyridine rings is 1. The van der Waals surface area contributed by atoms with Gasteiger partial charge in [0, 0.05) is 36.7 Å². The van der Waals surface area contributed by atoms with Crippen molar-refractivity contribution in [3.8, 4) is 0 Å². The number of hydrogen-bond acceptors (Lipinski definition) is 4. The van der Waals surface area contributed by atoms with Crippen LogP contribution in [0.4, 0.5) is 4.39 Å². The highest BCUT2D eigenvalue weighted by Crippen LogP contribution is 2.10. The first-order valence-electron chi connectivity index (χ1n) is 6.73. The Morgan fingerprint density at radius 2 is 2.05 bits per heavy atom. The predicted octanol–water partition coefficient (Wildman–Crippen LogP) is 3.60. The van der Waals surface area contributed by atoms with Crippen LogP contribution in [0.3, 0.4) is 0 Å². The molecule has 1 heterocycles. The molecule has 0 aliphatic heterocycles. The molecule has 0 saturated heterocycles. The lowest BCUT2D eigenvalue weighted by atomic mass is 10.1. The first kappa shape index (κ1) is 16.6. The van der Waals surface area contributed by atoms with Gasteiger partial charge in [0.1, 0.15) is 10.1 Å². The van der Waals surface area contributed by atoms with Gasteiger partial charge in [-0.15, -0.1) is 0 Å². The molecule has 2 aromatic rings. The fraction of sp³-hybridized carbons (Fsp3) is 0.188. The third-order valence-corrected chi connectivity index (χ3v) is 4.20. The molecule has 6 heteroatoms. The van der Waals surface area contributed by atoms with Crippen molar-refractivity contribution in [3.63, 3.8) is 0 Å². The molecule has 0 atom stereocenters. The first-order chi connectivity index (χ1) is 10.6. The van der Waals surface area contributed by atoms with Gasteiger partial charge in [-0.3, -0.25) is 9.78 Å². The molecule has 0 saturated carbocycles. The Morgan fingerprint density at radius 3 is 2.73 bits per heavy atom. The summed E-state index contributed by atoms with van der Waals surface area (Å²) < 4.78 is 13.4. The van der Waals surface area contributed by atoms with E-state index in [2.05, 4.69) is 10.3 Å². The van der Waals surface area contributed by atoms with Crippen LogP contribution in [0.2, 0.25) is 0 Å². The summed E-state index contributed by atoms with van der Waals surface area (Å²) in [4.78, 5) is 15.9. The number of thiocarbonyl (C=S) groups is 1. The molecule has 114 valence electrons. The second kappa shape index (κ2) is 8.60. The number of rotatable bonds is 6. The predicted molar refractivity (Wildman–Crippen MR) is 91.5 cm³/mol. The number of Topliss-reactive ketones (excluding diaryl/α,β-unsaturated/α-hetero) is 1. The van der Waals surface area contributed by atoms with Crippen LogP contribution in [-0.4, -0.2) is 20.8 Å². The van der Waals surface area contributed by atoms with Crippen molar-refractivity contribution in [1.82, 2.24) is 10.3 Å². The number of aromatic nitrogens is 1. The number of nitrogens with zero attached hydrogens (tertiary/aromatic N) is 1. The van der Waals surface area contributed by atoms with Crippen LogP contribution in [0.25, 0.3) is 0 Å². The average Bonchev–Trinajstić information content (AvgIpc) is 2.54. The maximum atomic E-state index is 12.8. The first-order valence-corrected chi connectivity index (χ1v) is 8.13. The highest BCUT2D eigenvalue weighted by molar-refractivity contribution is 8.22. The summed E-state index contributed by atoms with van der Waals surface area (Å²) in [6.07, 6.45) is 3.86. The summed E-state index contributed by atoms with van der Waals surface area (Å²) in [7, 11) is 0. The maximum absolute atomic E-state index is 12.8. The van der Waals surface area contributed by atoms with Gasteiger partial charge in [0.2, 0.25) is 0 Å². The Bertz CT molecular complexity index is 632. The number of halogens is 1. The molecule has 1 N–H and O–H groups in total. The topological polar surface area (TPSA) is 42.0 Å². The summed E-state index contributed by atoms with van der Waals surface area (Å²) in [5.41, 5.74) is 1.57. The molecule has 2 rings (SSSR count). The highest BCUT2D eigenvalue weighted by atomic mass is 32.2. The fourth-order valence-electron chi connectivity index (χ4n) is 1.74. The summed E-state index contributed by atoms with van der Waals surface area (Å²) in [6, 6.07) is 9.42. The molecular weight excluding hydrogens is 319 g/mol. The molecule has 0 amide bonds. The van der Waals surface area contributed by atoms with E-state index in [1.807, 2.05) is 12.1 Å². The van der Waals surface area contributed by atoms with Crippen LogP contribution >= 0.6 is 24.0 Å². The van der Waals surface area contributed by atoms with E-state index in [1.54, 1.807) is 12.4 Å². The van der Waals surface area contributed by atoms with Crippen LogP contribution in [-0.2, 0) is 6.54 Å². The molecule has 3 nitrogen and oxygen atoms in total. The van der Waals surface area contributed by atoms with Crippen LogP contribution in [0.15, 0.2) is 48.8 Å².